The van der Waals surface area contributed by atoms with Crippen LogP contribution in [0.4, 0.5) is 0 Å². The highest BCUT2D eigenvalue weighted by Gasteiger charge is 2.59. The Morgan fingerprint density at radius 3 is 2.74 bits per heavy atom. The predicted molar refractivity (Wildman–Crippen MR) is 103 cm³/mol. The van der Waals surface area contributed by atoms with Crippen LogP contribution in [0.3, 0.4) is 0 Å². The smallest absolute Gasteiger partial charge is 0.226 e. The third-order valence-corrected chi connectivity index (χ3v) is 7.08. The van der Waals surface area contributed by atoms with Gasteiger partial charge in [-0.2, -0.15) is 0 Å². The van der Waals surface area contributed by atoms with E-state index in [1.54, 1.807) is 6.20 Å². The summed E-state index contributed by atoms with van der Waals surface area (Å²) < 4.78 is 2.24. The van der Waals surface area contributed by atoms with Crippen LogP contribution in [0.15, 0.2) is 36.9 Å². The summed E-state index contributed by atoms with van der Waals surface area (Å²) in [4.78, 5) is 23.9. The minimum absolute atomic E-state index is 0.337. The van der Waals surface area contributed by atoms with Crippen molar-refractivity contribution in [1.29, 1.82) is 0 Å². The van der Waals surface area contributed by atoms with E-state index in [1.807, 2.05) is 18.5 Å². The van der Waals surface area contributed by atoms with Crippen molar-refractivity contribution in [3.63, 3.8) is 0 Å². The number of imidazole rings is 1. The van der Waals surface area contributed by atoms with Crippen LogP contribution in [0.2, 0.25) is 0 Å². The molecule has 3 aliphatic rings. The lowest BCUT2D eigenvalue weighted by atomic mass is 9.94. The molecule has 5 rings (SSSR count). The lowest BCUT2D eigenvalue weighted by Crippen LogP contribution is -2.40. The summed E-state index contributed by atoms with van der Waals surface area (Å²) in [6.07, 6.45) is 16.1. The van der Waals surface area contributed by atoms with Crippen molar-refractivity contribution in [2.45, 2.75) is 57.4 Å². The fourth-order valence-corrected chi connectivity index (χ4v) is 5.41. The zero-order valence-corrected chi connectivity index (χ0v) is 15.9. The molecule has 1 spiro atoms. The quantitative estimate of drug-likeness (QED) is 0.833. The monoisotopic (exact) mass is 364 g/mol. The van der Waals surface area contributed by atoms with Gasteiger partial charge >= 0.3 is 0 Å². The normalized spacial score (nSPS) is 24.4. The van der Waals surface area contributed by atoms with Gasteiger partial charge in [-0.25, -0.2) is 4.98 Å². The summed E-state index contributed by atoms with van der Waals surface area (Å²) in [7, 11) is 0. The molecule has 0 aromatic carbocycles. The number of nitrogens with zero attached hydrogens (tertiary/aromatic N) is 4. The Hall–Kier alpha value is -2.17. The van der Waals surface area contributed by atoms with Crippen LogP contribution in [-0.2, 0) is 11.3 Å². The first kappa shape index (κ1) is 17.0. The molecule has 0 bridgehead atoms. The lowest BCUT2D eigenvalue weighted by Gasteiger charge is -2.32. The third-order valence-electron chi connectivity index (χ3n) is 7.08. The van der Waals surface area contributed by atoms with Crippen molar-refractivity contribution in [3.8, 4) is 0 Å². The van der Waals surface area contributed by atoms with E-state index in [9.17, 15) is 4.79 Å². The Bertz CT molecular complexity index is 801. The largest absolute Gasteiger partial charge is 0.342 e. The molecule has 1 amide bonds. The van der Waals surface area contributed by atoms with Gasteiger partial charge in [0.15, 0.2) is 0 Å². The molecule has 1 atom stereocenters. The Morgan fingerprint density at radius 2 is 2.00 bits per heavy atom. The first-order valence-electron chi connectivity index (χ1n) is 10.4. The fourth-order valence-electron chi connectivity index (χ4n) is 5.41. The van der Waals surface area contributed by atoms with Crippen LogP contribution in [-0.4, -0.2) is 38.4 Å². The van der Waals surface area contributed by atoms with E-state index in [2.05, 4.69) is 31.7 Å². The van der Waals surface area contributed by atoms with Gasteiger partial charge < -0.3 is 9.47 Å². The summed E-state index contributed by atoms with van der Waals surface area (Å²) in [5.41, 5.74) is 1.61. The molecule has 1 aliphatic heterocycles. The number of likely N-dealkylation sites (tertiary alicyclic amines) is 1. The second-order valence-corrected chi connectivity index (χ2v) is 8.70. The molecule has 1 saturated heterocycles. The number of pyridine rings is 1. The number of hydrogen-bond acceptors (Lipinski definition) is 3. The van der Waals surface area contributed by atoms with E-state index < -0.39 is 0 Å². The number of carbonyl (C=O) groups is 1. The first-order chi connectivity index (χ1) is 13.3. The molecule has 2 aromatic heterocycles. The maximum atomic E-state index is 12.9. The summed E-state index contributed by atoms with van der Waals surface area (Å²) in [6.45, 7) is 2.58. The Kier molecular flexibility index (Phi) is 4.25. The highest BCUT2D eigenvalue weighted by atomic mass is 16.2. The second kappa shape index (κ2) is 6.77. The van der Waals surface area contributed by atoms with Crippen LogP contribution >= 0.6 is 0 Å². The number of hydrogen-bond donors (Lipinski definition) is 0. The van der Waals surface area contributed by atoms with Gasteiger partial charge in [-0.05, 0) is 49.1 Å². The maximum Gasteiger partial charge on any atom is 0.226 e. The zero-order valence-electron chi connectivity index (χ0n) is 15.9. The molecular formula is C22H28N4O. The Morgan fingerprint density at radius 1 is 1.19 bits per heavy atom. The molecule has 3 fully saturated rings. The minimum atomic E-state index is 0.337. The molecule has 142 valence electrons. The zero-order chi connectivity index (χ0) is 18.3. The van der Waals surface area contributed by atoms with Crippen molar-refractivity contribution < 1.29 is 4.79 Å². The van der Waals surface area contributed by atoms with E-state index >= 15 is 0 Å². The van der Waals surface area contributed by atoms with E-state index in [1.165, 1.54) is 31.2 Å². The van der Waals surface area contributed by atoms with Crippen molar-refractivity contribution in [1.82, 2.24) is 19.4 Å². The van der Waals surface area contributed by atoms with Gasteiger partial charge in [-0.1, -0.05) is 18.9 Å². The third kappa shape index (κ3) is 3.17. The lowest BCUT2D eigenvalue weighted by molar-refractivity contribution is -0.134. The van der Waals surface area contributed by atoms with Crippen molar-refractivity contribution >= 4 is 5.91 Å². The molecular weight excluding hydrogens is 336 g/mol. The van der Waals surface area contributed by atoms with Gasteiger partial charge in [0, 0.05) is 49.7 Å². The molecule has 2 saturated carbocycles. The molecule has 0 unspecified atom stereocenters. The molecule has 2 aliphatic carbocycles. The molecule has 5 nitrogen and oxygen atoms in total. The summed E-state index contributed by atoms with van der Waals surface area (Å²) in [5.74, 6) is 2.38. The summed E-state index contributed by atoms with van der Waals surface area (Å²) in [5, 5.41) is 0. The van der Waals surface area contributed by atoms with Gasteiger partial charge in [0.1, 0.15) is 5.82 Å². The standard InChI is InChI=1S/C22H28N4O/c27-21(19-14-22(19)7-1-2-8-22)25-11-5-18(6-12-25)20-24-10-13-26(20)16-17-4-3-9-23-15-17/h3-4,9-10,13,15,18-19H,1-2,5-8,11-12,14,16H2/t19-/m0/s1. The molecule has 5 heteroatoms. The molecule has 3 heterocycles. The van der Waals surface area contributed by atoms with Gasteiger partial charge in [-0.15, -0.1) is 0 Å². The average Bonchev–Trinajstić information content (AvgIpc) is 3.01. The van der Waals surface area contributed by atoms with Crippen LogP contribution in [0.5, 0.6) is 0 Å². The fraction of sp³-hybridized carbons (Fsp3) is 0.591. The number of piperidine rings is 1. The van der Waals surface area contributed by atoms with Crippen molar-refractivity contribution in [2.75, 3.05) is 13.1 Å². The van der Waals surface area contributed by atoms with E-state index in [0.717, 1.165) is 44.7 Å². The maximum absolute atomic E-state index is 12.9. The van der Waals surface area contributed by atoms with Crippen molar-refractivity contribution in [3.05, 3.63) is 48.3 Å². The summed E-state index contributed by atoms with van der Waals surface area (Å²) >= 11 is 0. The van der Waals surface area contributed by atoms with E-state index in [4.69, 9.17) is 0 Å². The number of rotatable bonds is 4. The van der Waals surface area contributed by atoms with E-state index in [-0.39, 0.29) is 0 Å². The highest BCUT2D eigenvalue weighted by Crippen LogP contribution is 2.63. The number of carbonyl (C=O) groups excluding carboxylic acids is 1. The molecule has 0 radical (unpaired) electrons. The number of amides is 1. The van der Waals surface area contributed by atoms with Crippen LogP contribution in [0, 0.1) is 11.3 Å². The highest BCUT2D eigenvalue weighted by molar-refractivity contribution is 5.83. The molecule has 27 heavy (non-hydrogen) atoms. The van der Waals surface area contributed by atoms with Gasteiger partial charge in [0.2, 0.25) is 5.91 Å². The molecule has 2 aromatic rings. The van der Waals surface area contributed by atoms with Crippen LogP contribution in [0.25, 0.3) is 0 Å². The SMILES string of the molecule is O=C([C@@H]1CC12CCCC2)N1CCC(c2nccn2Cc2cccnc2)CC1. The second-order valence-electron chi connectivity index (χ2n) is 8.70. The molecule has 0 N–H and O–H groups in total. The Labute approximate surface area is 160 Å². The topological polar surface area (TPSA) is 51.0 Å². The van der Waals surface area contributed by atoms with Gasteiger partial charge in [-0.3, -0.25) is 9.78 Å². The van der Waals surface area contributed by atoms with Gasteiger partial charge in [0.25, 0.3) is 0 Å². The predicted octanol–water partition coefficient (Wildman–Crippen LogP) is 3.61. The first-order valence-corrected chi connectivity index (χ1v) is 10.4. The summed E-state index contributed by atoms with van der Waals surface area (Å²) in [6, 6.07) is 4.08. The Balaban J connectivity index is 1.20. The average molecular weight is 364 g/mol. The van der Waals surface area contributed by atoms with Crippen LogP contribution in [0.1, 0.15) is 62.3 Å². The van der Waals surface area contributed by atoms with E-state index in [0.29, 0.717) is 23.2 Å². The number of aromatic nitrogens is 3. The minimum Gasteiger partial charge on any atom is -0.342 e. The van der Waals surface area contributed by atoms with Gasteiger partial charge in [0.05, 0.1) is 6.54 Å². The van der Waals surface area contributed by atoms with Crippen LogP contribution < -0.4 is 0 Å². The van der Waals surface area contributed by atoms with Crippen molar-refractivity contribution in [2.24, 2.45) is 11.3 Å².